The van der Waals surface area contributed by atoms with Gasteiger partial charge in [0.1, 0.15) is 11.4 Å². The first-order valence-corrected chi connectivity index (χ1v) is 6.25. The van der Waals surface area contributed by atoms with Crippen LogP contribution in [-0.2, 0) is 20.1 Å². The number of anilines is 1. The molecule has 0 aliphatic carbocycles. The molecule has 2 aromatic heterocycles. The molecule has 0 aliphatic heterocycles. The summed E-state index contributed by atoms with van der Waals surface area (Å²) >= 11 is 0. The van der Waals surface area contributed by atoms with Gasteiger partial charge in [-0.05, 0) is 6.92 Å². The largest absolute Gasteiger partial charge is 0.332 e. The number of hydrogen-bond acceptors (Lipinski definition) is 4. The van der Waals surface area contributed by atoms with E-state index in [0.29, 0.717) is 12.2 Å². The summed E-state index contributed by atoms with van der Waals surface area (Å²) in [6.07, 6.45) is 0.140. The quantitative estimate of drug-likeness (QED) is 0.870. The van der Waals surface area contributed by atoms with Gasteiger partial charge in [-0.15, -0.1) is 5.10 Å². The highest BCUT2D eigenvalue weighted by molar-refractivity contribution is 5.89. The molecule has 10 heteroatoms. The molecule has 0 atom stereocenters. The first kappa shape index (κ1) is 14.9. The van der Waals surface area contributed by atoms with Crippen molar-refractivity contribution in [2.24, 2.45) is 7.05 Å². The molecule has 0 saturated heterocycles. The fraction of sp³-hybridized carbons (Fsp3) is 0.455. The maximum atomic E-state index is 12.8. The lowest BCUT2D eigenvalue weighted by atomic mass is 10.3. The van der Waals surface area contributed by atoms with Crippen molar-refractivity contribution in [3.63, 3.8) is 0 Å². The Labute approximate surface area is 119 Å². The van der Waals surface area contributed by atoms with Crippen molar-refractivity contribution in [3.8, 4) is 0 Å². The average molecular weight is 299 g/mol. The molecule has 8 nitrogen and oxygen atoms in total. The standard InChI is InChI=1S/C11H15F2N7O/c1-3-20-6-7(17-18-20)4-14-11(21)16-8-5-15-19(2)9(8)10(12)13/h5-6,10H,3-4H2,1-2H3,(H2,14,16,21). The van der Waals surface area contributed by atoms with Crippen LogP contribution in [0.2, 0.25) is 0 Å². The van der Waals surface area contributed by atoms with E-state index in [4.69, 9.17) is 0 Å². The molecule has 0 unspecified atom stereocenters. The van der Waals surface area contributed by atoms with Crippen LogP contribution in [0.4, 0.5) is 19.3 Å². The predicted octanol–water partition coefficient (Wildman–Crippen LogP) is 1.29. The van der Waals surface area contributed by atoms with Crippen molar-refractivity contribution in [2.45, 2.75) is 26.4 Å². The second-order valence-corrected chi connectivity index (χ2v) is 4.24. The SMILES string of the molecule is CCn1cc(CNC(=O)Nc2cnn(C)c2C(F)F)nn1. The van der Waals surface area contributed by atoms with Crippen LogP contribution in [-0.4, -0.2) is 30.8 Å². The number of alkyl halides is 2. The van der Waals surface area contributed by atoms with Gasteiger partial charge in [-0.2, -0.15) is 5.10 Å². The summed E-state index contributed by atoms with van der Waals surface area (Å²) in [7, 11) is 1.38. The summed E-state index contributed by atoms with van der Waals surface area (Å²) in [5.74, 6) is 0. The summed E-state index contributed by atoms with van der Waals surface area (Å²) in [6.45, 7) is 2.73. The molecule has 0 spiro atoms. The number of nitrogens with zero attached hydrogens (tertiary/aromatic N) is 5. The number of amides is 2. The highest BCUT2D eigenvalue weighted by atomic mass is 19.3. The third-order valence-electron chi connectivity index (χ3n) is 2.78. The molecule has 0 aliphatic rings. The lowest BCUT2D eigenvalue weighted by Gasteiger charge is -2.07. The van der Waals surface area contributed by atoms with Gasteiger partial charge in [-0.25, -0.2) is 13.6 Å². The van der Waals surface area contributed by atoms with Crippen LogP contribution in [0.5, 0.6) is 0 Å². The third-order valence-corrected chi connectivity index (χ3v) is 2.78. The second kappa shape index (κ2) is 6.29. The average Bonchev–Trinajstić information content (AvgIpc) is 3.03. The third kappa shape index (κ3) is 3.52. The first-order chi connectivity index (χ1) is 10.0. The number of carbonyl (C=O) groups excluding carboxylic acids is 1. The van der Waals surface area contributed by atoms with Gasteiger partial charge in [0.25, 0.3) is 6.43 Å². The molecule has 0 fully saturated rings. The van der Waals surface area contributed by atoms with Crippen LogP contribution in [0.15, 0.2) is 12.4 Å². The number of urea groups is 1. The molecule has 2 heterocycles. The van der Waals surface area contributed by atoms with Gasteiger partial charge in [-0.1, -0.05) is 5.21 Å². The Balaban J connectivity index is 1.93. The molecule has 0 aromatic carbocycles. The Morgan fingerprint density at radius 2 is 2.24 bits per heavy atom. The molecule has 0 saturated carbocycles. The molecular weight excluding hydrogens is 284 g/mol. The molecule has 2 amide bonds. The van der Waals surface area contributed by atoms with Crippen LogP contribution in [0.25, 0.3) is 0 Å². The number of aromatic nitrogens is 5. The minimum absolute atomic E-state index is 0.0257. The van der Waals surface area contributed by atoms with Crippen molar-refractivity contribution >= 4 is 11.7 Å². The van der Waals surface area contributed by atoms with Crippen LogP contribution < -0.4 is 10.6 Å². The van der Waals surface area contributed by atoms with Crippen molar-refractivity contribution < 1.29 is 13.6 Å². The molecular formula is C11H15F2N7O. The van der Waals surface area contributed by atoms with Crippen LogP contribution in [0.3, 0.4) is 0 Å². The molecule has 21 heavy (non-hydrogen) atoms. The Bertz CT molecular complexity index is 622. The van der Waals surface area contributed by atoms with E-state index < -0.39 is 12.5 Å². The summed E-state index contributed by atoms with van der Waals surface area (Å²) in [5, 5.41) is 16.2. The van der Waals surface area contributed by atoms with Gasteiger partial charge in [0.05, 0.1) is 24.6 Å². The zero-order valence-electron chi connectivity index (χ0n) is 11.5. The Hall–Kier alpha value is -2.52. The van der Waals surface area contributed by atoms with Crippen LogP contribution >= 0.6 is 0 Å². The maximum absolute atomic E-state index is 12.8. The minimum Gasteiger partial charge on any atom is -0.332 e. The predicted molar refractivity (Wildman–Crippen MR) is 69.7 cm³/mol. The summed E-state index contributed by atoms with van der Waals surface area (Å²) in [4.78, 5) is 11.7. The van der Waals surface area contributed by atoms with E-state index in [9.17, 15) is 13.6 Å². The summed E-state index contributed by atoms with van der Waals surface area (Å²) < 4.78 is 28.3. The number of aryl methyl sites for hydroxylation is 2. The van der Waals surface area contributed by atoms with E-state index in [2.05, 4.69) is 26.0 Å². The van der Waals surface area contributed by atoms with E-state index in [0.717, 1.165) is 4.68 Å². The fourth-order valence-corrected chi connectivity index (χ4v) is 1.71. The van der Waals surface area contributed by atoms with Crippen LogP contribution in [0, 0.1) is 0 Å². The van der Waals surface area contributed by atoms with Gasteiger partial charge in [0.2, 0.25) is 0 Å². The molecule has 114 valence electrons. The van der Waals surface area contributed by atoms with Gasteiger partial charge in [0.15, 0.2) is 0 Å². The van der Waals surface area contributed by atoms with Crippen LogP contribution in [0.1, 0.15) is 24.7 Å². The van der Waals surface area contributed by atoms with E-state index >= 15 is 0 Å². The first-order valence-electron chi connectivity index (χ1n) is 6.25. The van der Waals surface area contributed by atoms with Gasteiger partial charge >= 0.3 is 6.03 Å². The van der Waals surface area contributed by atoms with Gasteiger partial charge < -0.3 is 10.6 Å². The number of rotatable bonds is 5. The number of halogens is 2. The monoisotopic (exact) mass is 299 g/mol. The van der Waals surface area contributed by atoms with Gasteiger partial charge in [-0.3, -0.25) is 9.36 Å². The van der Waals surface area contributed by atoms with Crippen molar-refractivity contribution in [3.05, 3.63) is 23.8 Å². The highest BCUT2D eigenvalue weighted by Gasteiger charge is 2.19. The summed E-state index contributed by atoms with van der Waals surface area (Å²) in [5.41, 5.74) is 0.205. The smallest absolute Gasteiger partial charge is 0.319 e. The Kier molecular flexibility index (Phi) is 4.45. The zero-order chi connectivity index (χ0) is 15.4. The Morgan fingerprint density at radius 3 is 2.86 bits per heavy atom. The lowest BCUT2D eigenvalue weighted by Crippen LogP contribution is -2.28. The van der Waals surface area contributed by atoms with Crippen molar-refractivity contribution in [1.29, 1.82) is 0 Å². The van der Waals surface area contributed by atoms with Crippen molar-refractivity contribution in [1.82, 2.24) is 30.1 Å². The van der Waals surface area contributed by atoms with E-state index in [1.165, 1.54) is 13.2 Å². The number of nitrogens with one attached hydrogen (secondary N) is 2. The molecule has 0 radical (unpaired) electrons. The van der Waals surface area contributed by atoms with E-state index in [1.807, 2.05) is 6.92 Å². The molecule has 2 N–H and O–H groups in total. The van der Waals surface area contributed by atoms with E-state index in [1.54, 1.807) is 10.9 Å². The molecule has 0 bridgehead atoms. The second-order valence-electron chi connectivity index (χ2n) is 4.24. The van der Waals surface area contributed by atoms with Gasteiger partial charge in [0, 0.05) is 13.6 Å². The molecule has 2 rings (SSSR count). The fourth-order valence-electron chi connectivity index (χ4n) is 1.71. The minimum atomic E-state index is -2.72. The number of carbonyl (C=O) groups is 1. The normalized spacial score (nSPS) is 10.9. The lowest BCUT2D eigenvalue weighted by molar-refractivity contribution is 0.141. The zero-order valence-corrected chi connectivity index (χ0v) is 11.5. The molecule has 2 aromatic rings. The topological polar surface area (TPSA) is 89.7 Å². The Morgan fingerprint density at radius 1 is 1.48 bits per heavy atom. The van der Waals surface area contributed by atoms with E-state index in [-0.39, 0.29) is 17.9 Å². The maximum Gasteiger partial charge on any atom is 0.319 e. The number of hydrogen-bond donors (Lipinski definition) is 2. The van der Waals surface area contributed by atoms with Crippen molar-refractivity contribution in [2.75, 3.05) is 5.32 Å². The summed E-state index contributed by atoms with van der Waals surface area (Å²) in [6, 6.07) is -0.615. The highest BCUT2D eigenvalue weighted by Crippen LogP contribution is 2.25.